The molecule has 0 aliphatic carbocycles. The third-order valence-electron chi connectivity index (χ3n) is 3.48. The summed E-state index contributed by atoms with van der Waals surface area (Å²) in [4.78, 5) is 12.1. The average molecular weight is 271 g/mol. The van der Waals surface area contributed by atoms with Crippen molar-refractivity contribution in [3.63, 3.8) is 0 Å². The van der Waals surface area contributed by atoms with Gasteiger partial charge in [-0.25, -0.2) is 0 Å². The van der Waals surface area contributed by atoms with Crippen LogP contribution in [0.2, 0.25) is 0 Å². The summed E-state index contributed by atoms with van der Waals surface area (Å²) < 4.78 is 1.85. The fraction of sp³-hybridized carbons (Fsp3) is 0.357. The second kappa shape index (κ2) is 5.42. The topological polar surface area (TPSA) is 71.8 Å². The van der Waals surface area contributed by atoms with Gasteiger partial charge in [0, 0.05) is 18.3 Å². The van der Waals surface area contributed by atoms with Crippen molar-refractivity contribution in [3.8, 4) is 11.4 Å². The van der Waals surface area contributed by atoms with E-state index in [1.165, 1.54) is 0 Å². The summed E-state index contributed by atoms with van der Waals surface area (Å²) in [6.07, 6.45) is 3.61. The van der Waals surface area contributed by atoms with Gasteiger partial charge in [-0.15, -0.1) is 10.2 Å². The number of aromatic nitrogens is 3. The Morgan fingerprint density at radius 3 is 3.10 bits per heavy atom. The van der Waals surface area contributed by atoms with Gasteiger partial charge in [-0.2, -0.15) is 0 Å². The van der Waals surface area contributed by atoms with Crippen LogP contribution in [0.3, 0.4) is 0 Å². The van der Waals surface area contributed by atoms with E-state index in [2.05, 4.69) is 20.8 Å². The van der Waals surface area contributed by atoms with Gasteiger partial charge in [0.15, 0.2) is 5.82 Å². The molecule has 1 aliphatic heterocycles. The lowest BCUT2D eigenvalue weighted by Gasteiger charge is -2.11. The first kappa shape index (κ1) is 12.8. The van der Waals surface area contributed by atoms with Crippen molar-refractivity contribution in [2.45, 2.75) is 18.9 Å². The molecule has 1 saturated heterocycles. The Labute approximate surface area is 117 Å². The van der Waals surface area contributed by atoms with Gasteiger partial charge in [-0.1, -0.05) is 12.1 Å². The Kier molecular flexibility index (Phi) is 3.47. The quantitative estimate of drug-likeness (QED) is 0.879. The molecule has 6 heteroatoms. The number of nitrogens with one attached hydrogen (secondary N) is 2. The standard InChI is InChI=1S/C14H17N5O/c1-19-9-16-18-13(19)10-4-2-5-11(8-10)17-14(20)12-6-3-7-15-12/h2,4-5,8-9,12,15H,3,6-7H2,1H3,(H,17,20). The van der Waals surface area contributed by atoms with Crippen LogP contribution in [0, 0.1) is 0 Å². The highest BCUT2D eigenvalue weighted by Gasteiger charge is 2.21. The molecule has 2 heterocycles. The number of carbonyl (C=O) groups excluding carboxylic acids is 1. The zero-order valence-corrected chi connectivity index (χ0v) is 11.3. The summed E-state index contributed by atoms with van der Waals surface area (Å²) in [5.41, 5.74) is 1.71. The smallest absolute Gasteiger partial charge is 0.241 e. The molecule has 1 aromatic heterocycles. The monoisotopic (exact) mass is 271 g/mol. The number of hydrogen-bond acceptors (Lipinski definition) is 4. The average Bonchev–Trinajstić information content (AvgIpc) is 3.10. The molecule has 1 aromatic carbocycles. The van der Waals surface area contributed by atoms with E-state index in [0.717, 1.165) is 36.5 Å². The summed E-state index contributed by atoms with van der Waals surface area (Å²) >= 11 is 0. The molecule has 1 atom stereocenters. The summed E-state index contributed by atoms with van der Waals surface area (Å²) in [6.45, 7) is 0.914. The molecule has 0 radical (unpaired) electrons. The van der Waals surface area contributed by atoms with Crippen molar-refractivity contribution >= 4 is 11.6 Å². The largest absolute Gasteiger partial charge is 0.325 e. The number of rotatable bonds is 3. The summed E-state index contributed by atoms with van der Waals surface area (Å²) in [5, 5.41) is 14.1. The SMILES string of the molecule is Cn1cnnc1-c1cccc(NC(=O)C2CCCN2)c1. The Hall–Kier alpha value is -2.21. The van der Waals surface area contributed by atoms with Crippen LogP contribution in [-0.4, -0.2) is 33.3 Å². The number of aryl methyl sites for hydroxylation is 1. The van der Waals surface area contributed by atoms with E-state index in [9.17, 15) is 4.79 Å². The van der Waals surface area contributed by atoms with Crippen molar-refractivity contribution in [2.24, 2.45) is 7.05 Å². The maximum absolute atomic E-state index is 12.1. The fourth-order valence-corrected chi connectivity index (χ4v) is 2.42. The molecule has 1 aliphatic rings. The van der Waals surface area contributed by atoms with Crippen LogP contribution < -0.4 is 10.6 Å². The first-order valence-corrected chi connectivity index (χ1v) is 6.73. The first-order valence-electron chi connectivity index (χ1n) is 6.73. The van der Waals surface area contributed by atoms with Gasteiger partial charge in [0.25, 0.3) is 0 Å². The zero-order valence-electron chi connectivity index (χ0n) is 11.3. The number of carbonyl (C=O) groups is 1. The Morgan fingerprint density at radius 1 is 1.50 bits per heavy atom. The summed E-state index contributed by atoms with van der Waals surface area (Å²) in [6, 6.07) is 7.58. The minimum atomic E-state index is -0.0755. The van der Waals surface area contributed by atoms with Crippen molar-refractivity contribution in [1.29, 1.82) is 0 Å². The number of hydrogen-bond donors (Lipinski definition) is 2. The van der Waals surface area contributed by atoms with Crippen LogP contribution in [-0.2, 0) is 11.8 Å². The fourth-order valence-electron chi connectivity index (χ4n) is 2.42. The number of anilines is 1. The second-order valence-electron chi connectivity index (χ2n) is 4.98. The molecule has 1 fully saturated rings. The molecule has 1 amide bonds. The molecular formula is C14H17N5O. The van der Waals surface area contributed by atoms with Crippen LogP contribution in [0.25, 0.3) is 11.4 Å². The summed E-state index contributed by atoms with van der Waals surface area (Å²) in [7, 11) is 1.89. The van der Waals surface area contributed by atoms with Crippen molar-refractivity contribution in [2.75, 3.05) is 11.9 Å². The molecule has 3 rings (SSSR count). The van der Waals surface area contributed by atoms with E-state index in [0.29, 0.717) is 0 Å². The van der Waals surface area contributed by atoms with Crippen molar-refractivity contribution in [3.05, 3.63) is 30.6 Å². The molecule has 0 spiro atoms. The number of benzene rings is 1. The highest BCUT2D eigenvalue weighted by Crippen LogP contribution is 2.20. The molecule has 20 heavy (non-hydrogen) atoms. The highest BCUT2D eigenvalue weighted by atomic mass is 16.2. The molecule has 0 bridgehead atoms. The molecule has 104 valence electrons. The van der Waals surface area contributed by atoms with E-state index in [1.807, 2.05) is 35.9 Å². The first-order chi connectivity index (χ1) is 9.74. The van der Waals surface area contributed by atoms with Gasteiger partial charge in [0.05, 0.1) is 6.04 Å². The predicted octanol–water partition coefficient (Wildman–Crippen LogP) is 1.17. The van der Waals surface area contributed by atoms with Gasteiger partial charge >= 0.3 is 0 Å². The third-order valence-corrected chi connectivity index (χ3v) is 3.48. The van der Waals surface area contributed by atoms with Crippen LogP contribution in [0.5, 0.6) is 0 Å². The van der Waals surface area contributed by atoms with Crippen molar-refractivity contribution in [1.82, 2.24) is 20.1 Å². The van der Waals surface area contributed by atoms with E-state index in [4.69, 9.17) is 0 Å². The van der Waals surface area contributed by atoms with E-state index in [-0.39, 0.29) is 11.9 Å². The molecule has 0 saturated carbocycles. The molecule has 6 nitrogen and oxygen atoms in total. The predicted molar refractivity (Wildman–Crippen MR) is 76.1 cm³/mol. The second-order valence-corrected chi connectivity index (χ2v) is 4.98. The maximum atomic E-state index is 12.1. The van der Waals surface area contributed by atoms with Gasteiger partial charge in [-0.05, 0) is 31.5 Å². The lowest BCUT2D eigenvalue weighted by Crippen LogP contribution is -2.35. The highest BCUT2D eigenvalue weighted by molar-refractivity contribution is 5.95. The molecule has 1 unspecified atom stereocenters. The van der Waals surface area contributed by atoms with Crippen LogP contribution in [0.15, 0.2) is 30.6 Å². The van der Waals surface area contributed by atoms with Crippen LogP contribution in [0.1, 0.15) is 12.8 Å². The minimum absolute atomic E-state index is 0.0256. The lowest BCUT2D eigenvalue weighted by molar-refractivity contribution is -0.117. The zero-order chi connectivity index (χ0) is 13.9. The van der Waals surface area contributed by atoms with E-state index >= 15 is 0 Å². The molecule has 2 N–H and O–H groups in total. The number of nitrogens with zero attached hydrogens (tertiary/aromatic N) is 3. The molecule has 2 aromatic rings. The minimum Gasteiger partial charge on any atom is -0.325 e. The number of amides is 1. The lowest BCUT2D eigenvalue weighted by atomic mass is 10.1. The normalized spacial score (nSPS) is 18.1. The van der Waals surface area contributed by atoms with E-state index in [1.54, 1.807) is 6.33 Å². The Bertz CT molecular complexity index is 616. The molecular weight excluding hydrogens is 254 g/mol. The Morgan fingerprint density at radius 2 is 2.40 bits per heavy atom. The van der Waals surface area contributed by atoms with Crippen LogP contribution >= 0.6 is 0 Å². The third kappa shape index (κ3) is 2.55. The van der Waals surface area contributed by atoms with Crippen molar-refractivity contribution < 1.29 is 4.79 Å². The van der Waals surface area contributed by atoms with Gasteiger partial charge in [0.2, 0.25) is 5.91 Å². The van der Waals surface area contributed by atoms with E-state index < -0.39 is 0 Å². The van der Waals surface area contributed by atoms with Gasteiger partial charge < -0.3 is 15.2 Å². The van der Waals surface area contributed by atoms with Gasteiger partial charge in [0.1, 0.15) is 6.33 Å². The van der Waals surface area contributed by atoms with Gasteiger partial charge in [-0.3, -0.25) is 4.79 Å². The van der Waals surface area contributed by atoms with Crippen LogP contribution in [0.4, 0.5) is 5.69 Å². The summed E-state index contributed by atoms with van der Waals surface area (Å²) in [5.74, 6) is 0.803. The maximum Gasteiger partial charge on any atom is 0.241 e. The Balaban J connectivity index is 1.78.